The molecule has 1 aromatic carbocycles. The number of ether oxygens (including phenoxy) is 1. The van der Waals surface area contributed by atoms with Gasteiger partial charge in [0.25, 0.3) is 5.56 Å². The number of rotatable bonds is 11. The zero-order valence-electron chi connectivity index (χ0n) is 24.6. The molecule has 4 heterocycles. The minimum absolute atomic E-state index is 0.0491. The fourth-order valence-corrected chi connectivity index (χ4v) is 6.22. The van der Waals surface area contributed by atoms with Crippen molar-refractivity contribution in [3.63, 3.8) is 0 Å². The summed E-state index contributed by atoms with van der Waals surface area (Å²) in [5.74, 6) is 0.195. The van der Waals surface area contributed by atoms with Gasteiger partial charge in [0.2, 0.25) is 11.8 Å². The maximum Gasteiger partial charge on any atom is 0.268 e. The number of carbonyl (C=O) groups is 2. The lowest BCUT2D eigenvalue weighted by atomic mass is 9.90. The molecule has 9 nitrogen and oxygen atoms in total. The zero-order valence-corrected chi connectivity index (χ0v) is 25.4. The summed E-state index contributed by atoms with van der Waals surface area (Å²) in [4.78, 5) is 48.9. The number of anilines is 2. The van der Waals surface area contributed by atoms with Crippen molar-refractivity contribution in [2.45, 2.75) is 40.3 Å². The van der Waals surface area contributed by atoms with Crippen molar-refractivity contribution in [1.82, 2.24) is 14.5 Å². The van der Waals surface area contributed by atoms with Crippen LogP contribution >= 0.6 is 11.3 Å². The van der Waals surface area contributed by atoms with Crippen molar-refractivity contribution in [3.05, 3.63) is 82.4 Å². The van der Waals surface area contributed by atoms with Gasteiger partial charge in [-0.1, -0.05) is 0 Å². The summed E-state index contributed by atoms with van der Waals surface area (Å²) >= 11 is 1.48. The first-order chi connectivity index (χ1) is 20.2. The standard InChI is InChI=1S/C32H37N5O4S/c1-5-37-26-8-7-25(21-27(26)34(4)30(39)32(2,3)31(37)40)41-19-6-15-35(22-23-9-13-33-14-10-23)17-18-36-16-11-24-12-20-42-28(24)29(36)38/h7-14,16,20-21H,5-6,15,17-19,22H2,1-4H3. The van der Waals surface area contributed by atoms with E-state index in [4.69, 9.17) is 4.74 Å². The highest BCUT2D eigenvalue weighted by molar-refractivity contribution is 7.17. The van der Waals surface area contributed by atoms with Gasteiger partial charge in [0, 0.05) is 64.4 Å². The van der Waals surface area contributed by atoms with E-state index in [0.717, 1.165) is 35.2 Å². The number of pyridine rings is 2. The second kappa shape index (κ2) is 12.5. The molecule has 220 valence electrons. The van der Waals surface area contributed by atoms with E-state index in [-0.39, 0.29) is 17.4 Å². The quantitative estimate of drug-likeness (QED) is 0.185. The molecular formula is C32H37N5O4S. The average molecular weight is 588 g/mol. The van der Waals surface area contributed by atoms with Crippen LogP contribution in [0.25, 0.3) is 10.1 Å². The van der Waals surface area contributed by atoms with E-state index in [9.17, 15) is 14.4 Å². The molecule has 0 saturated heterocycles. The first-order valence-corrected chi connectivity index (χ1v) is 15.1. The van der Waals surface area contributed by atoms with E-state index in [1.165, 1.54) is 11.3 Å². The minimum Gasteiger partial charge on any atom is -0.493 e. The number of thiophene rings is 1. The molecule has 0 fully saturated rings. The second-order valence-electron chi connectivity index (χ2n) is 11.0. The first kappa shape index (κ1) is 29.5. The lowest BCUT2D eigenvalue weighted by Gasteiger charge is -2.27. The number of amides is 2. The number of benzene rings is 1. The second-order valence-corrected chi connectivity index (χ2v) is 12.0. The van der Waals surface area contributed by atoms with Gasteiger partial charge in [0.05, 0.1) is 22.7 Å². The Morgan fingerprint density at radius 3 is 2.52 bits per heavy atom. The Balaban J connectivity index is 1.25. The fourth-order valence-electron chi connectivity index (χ4n) is 5.38. The van der Waals surface area contributed by atoms with Crippen molar-refractivity contribution >= 4 is 44.6 Å². The number of nitrogens with zero attached hydrogens (tertiary/aromatic N) is 5. The van der Waals surface area contributed by atoms with Crippen molar-refractivity contribution in [2.24, 2.45) is 5.41 Å². The predicted molar refractivity (Wildman–Crippen MR) is 167 cm³/mol. The molecule has 42 heavy (non-hydrogen) atoms. The van der Waals surface area contributed by atoms with Crippen LogP contribution in [0.1, 0.15) is 32.8 Å². The largest absolute Gasteiger partial charge is 0.493 e. The van der Waals surface area contributed by atoms with Gasteiger partial charge < -0.3 is 19.1 Å². The summed E-state index contributed by atoms with van der Waals surface area (Å²) in [7, 11) is 1.71. The van der Waals surface area contributed by atoms with Gasteiger partial charge in [-0.05, 0) is 79.9 Å². The van der Waals surface area contributed by atoms with E-state index < -0.39 is 5.41 Å². The van der Waals surface area contributed by atoms with Gasteiger partial charge in [0.15, 0.2) is 0 Å². The molecule has 0 aliphatic carbocycles. The molecule has 0 saturated carbocycles. The van der Waals surface area contributed by atoms with Gasteiger partial charge >= 0.3 is 0 Å². The maximum atomic E-state index is 13.1. The lowest BCUT2D eigenvalue weighted by Crippen LogP contribution is -2.47. The lowest BCUT2D eigenvalue weighted by molar-refractivity contribution is -0.137. The van der Waals surface area contributed by atoms with Crippen LogP contribution in [0.4, 0.5) is 11.4 Å². The smallest absolute Gasteiger partial charge is 0.268 e. The van der Waals surface area contributed by atoms with Crippen LogP contribution in [0.2, 0.25) is 0 Å². The van der Waals surface area contributed by atoms with E-state index in [1.54, 1.807) is 47.7 Å². The number of aromatic nitrogens is 2. The van der Waals surface area contributed by atoms with Gasteiger partial charge in [-0.25, -0.2) is 0 Å². The van der Waals surface area contributed by atoms with Crippen LogP contribution < -0.4 is 20.1 Å². The highest BCUT2D eigenvalue weighted by Crippen LogP contribution is 2.40. The van der Waals surface area contributed by atoms with Gasteiger partial charge in [-0.15, -0.1) is 11.3 Å². The number of fused-ring (bicyclic) bond motifs is 2. The van der Waals surface area contributed by atoms with Gasteiger partial charge in [-0.3, -0.25) is 24.3 Å². The molecule has 1 aliphatic rings. The Morgan fingerprint density at radius 1 is 0.976 bits per heavy atom. The molecule has 10 heteroatoms. The third-order valence-electron chi connectivity index (χ3n) is 7.82. The summed E-state index contributed by atoms with van der Waals surface area (Å²) in [5.41, 5.74) is 1.42. The monoisotopic (exact) mass is 587 g/mol. The van der Waals surface area contributed by atoms with Crippen LogP contribution in [0.3, 0.4) is 0 Å². The topological polar surface area (TPSA) is 88.0 Å². The normalized spacial score (nSPS) is 14.9. The van der Waals surface area contributed by atoms with Crippen molar-refractivity contribution in [3.8, 4) is 5.75 Å². The third-order valence-corrected chi connectivity index (χ3v) is 8.74. The Kier molecular flexibility index (Phi) is 8.74. The Bertz CT molecular complexity index is 1630. The highest BCUT2D eigenvalue weighted by atomic mass is 32.1. The van der Waals surface area contributed by atoms with Crippen molar-refractivity contribution in [2.75, 3.05) is 43.1 Å². The molecular weight excluding hydrogens is 550 g/mol. The van der Waals surface area contributed by atoms with E-state index in [2.05, 4.69) is 9.88 Å². The van der Waals surface area contributed by atoms with Crippen molar-refractivity contribution < 1.29 is 14.3 Å². The van der Waals surface area contributed by atoms with Crippen LogP contribution in [-0.4, -0.2) is 59.6 Å². The third kappa shape index (κ3) is 5.96. The molecule has 1 aliphatic heterocycles. The highest BCUT2D eigenvalue weighted by Gasteiger charge is 2.45. The minimum atomic E-state index is -1.15. The van der Waals surface area contributed by atoms with Gasteiger partial charge in [-0.2, -0.15) is 0 Å². The van der Waals surface area contributed by atoms with Crippen LogP contribution in [0, 0.1) is 5.41 Å². The average Bonchev–Trinajstić information content (AvgIpc) is 3.47. The fraction of sp³-hybridized carbons (Fsp3) is 0.375. The van der Waals surface area contributed by atoms with Crippen molar-refractivity contribution in [1.29, 1.82) is 0 Å². The molecule has 0 bridgehead atoms. The summed E-state index contributed by atoms with van der Waals surface area (Å²) in [6.07, 6.45) is 6.22. The Morgan fingerprint density at radius 2 is 1.76 bits per heavy atom. The molecule has 2 amide bonds. The number of hydrogen-bond donors (Lipinski definition) is 0. The molecule has 0 atom stereocenters. The summed E-state index contributed by atoms with van der Waals surface area (Å²) in [5, 5.41) is 2.94. The molecule has 5 rings (SSSR count). The summed E-state index contributed by atoms with van der Waals surface area (Å²) in [6.45, 7) is 9.02. The first-order valence-electron chi connectivity index (χ1n) is 14.3. The van der Waals surface area contributed by atoms with E-state index in [0.29, 0.717) is 43.4 Å². The summed E-state index contributed by atoms with van der Waals surface area (Å²) < 4.78 is 8.71. The number of carbonyl (C=O) groups excluding carboxylic acids is 2. The predicted octanol–water partition coefficient (Wildman–Crippen LogP) is 4.78. The number of hydrogen-bond acceptors (Lipinski definition) is 7. The molecule has 0 spiro atoms. The molecule has 3 aromatic heterocycles. The SMILES string of the molecule is CCN1C(=O)C(C)(C)C(=O)N(C)c2cc(OCCCN(CCn3ccc4ccsc4c3=O)Cc3ccncc3)ccc21. The maximum absolute atomic E-state index is 13.1. The van der Waals surface area contributed by atoms with Crippen LogP contribution in [0.15, 0.2) is 71.2 Å². The molecule has 0 radical (unpaired) electrons. The Labute approximate surface area is 249 Å². The molecule has 4 aromatic rings. The van der Waals surface area contributed by atoms with Crippen LogP contribution in [-0.2, 0) is 22.7 Å². The van der Waals surface area contributed by atoms with Crippen LogP contribution in [0.5, 0.6) is 5.75 Å². The molecule has 0 N–H and O–H groups in total. The zero-order chi connectivity index (χ0) is 29.9. The van der Waals surface area contributed by atoms with E-state index in [1.807, 2.05) is 61.0 Å². The van der Waals surface area contributed by atoms with E-state index >= 15 is 0 Å². The van der Waals surface area contributed by atoms with Gasteiger partial charge in [0.1, 0.15) is 11.2 Å². The summed E-state index contributed by atoms with van der Waals surface area (Å²) in [6, 6.07) is 13.5. The molecule has 0 unspecified atom stereocenters. The Hall–Kier alpha value is -4.02.